The Morgan fingerprint density at radius 1 is 0.813 bits per heavy atom. The number of rotatable bonds is 11. The molecule has 7 aliphatic rings. The van der Waals surface area contributed by atoms with Gasteiger partial charge in [0.05, 0.1) is 40.5 Å². The number of likely N-dealkylation sites (tertiary alicyclic amines) is 3. The summed E-state index contributed by atoms with van der Waals surface area (Å²) in [4.78, 5) is 90.4. The Labute approximate surface area is 436 Å². The van der Waals surface area contributed by atoms with Gasteiger partial charge in [0.2, 0.25) is 35.4 Å². The van der Waals surface area contributed by atoms with E-state index in [9.17, 15) is 19.2 Å². The molecule has 0 radical (unpaired) electrons. The number of imidazole rings is 1. The topological polar surface area (TPSA) is 175 Å². The summed E-state index contributed by atoms with van der Waals surface area (Å²) < 4.78 is 23.4. The Kier molecular flexibility index (Phi) is 13.2. The molecule has 0 bridgehead atoms. The van der Waals surface area contributed by atoms with Crippen molar-refractivity contribution >= 4 is 57.8 Å². The maximum Gasteiger partial charge on any atom is 0.238 e. The molecule has 17 heteroatoms. The number of carbonyl (C=O) groups is 5. The van der Waals surface area contributed by atoms with Gasteiger partial charge in [-0.15, -0.1) is 0 Å². The van der Waals surface area contributed by atoms with Gasteiger partial charge in [-0.1, -0.05) is 36.8 Å². The summed E-state index contributed by atoms with van der Waals surface area (Å²) in [5.74, 6) is -0.462. The minimum absolute atomic E-state index is 0.0656. The molecule has 8 heterocycles. The maximum atomic E-state index is 15.3. The van der Waals surface area contributed by atoms with E-state index in [-0.39, 0.29) is 65.4 Å². The number of nitrogens with zero attached hydrogens (tertiary/aromatic N) is 8. The highest BCUT2D eigenvalue weighted by Crippen LogP contribution is 2.52. The Hall–Kier alpha value is -6.75. The first-order chi connectivity index (χ1) is 36.4. The number of hydrogen-bond donors (Lipinski definition) is 2. The molecule has 6 fully saturated rings. The second-order valence-corrected chi connectivity index (χ2v) is 22.6. The van der Waals surface area contributed by atoms with Crippen LogP contribution in [-0.4, -0.2) is 121 Å². The van der Waals surface area contributed by atoms with E-state index in [1.807, 2.05) is 26.5 Å². The molecule has 1 spiro atoms. The predicted octanol–water partition coefficient (Wildman–Crippen LogP) is 8.19. The summed E-state index contributed by atoms with van der Waals surface area (Å²) in [6, 6.07) is 19.1. The summed E-state index contributed by atoms with van der Waals surface area (Å²) >= 11 is 0. The largest absolute Gasteiger partial charge is 0.474 e. The van der Waals surface area contributed by atoms with Crippen molar-refractivity contribution in [2.75, 3.05) is 49.5 Å². The molecule has 0 unspecified atom stereocenters. The van der Waals surface area contributed by atoms with Crippen LogP contribution < -0.4 is 20.3 Å². The number of halogens is 1. The number of carbonyl (C=O) groups excluding carboxylic acids is 5. The van der Waals surface area contributed by atoms with E-state index < -0.39 is 11.3 Å². The van der Waals surface area contributed by atoms with Crippen LogP contribution in [0.2, 0.25) is 0 Å². The summed E-state index contributed by atoms with van der Waals surface area (Å²) in [5, 5.41) is 5.68. The van der Waals surface area contributed by atoms with Crippen molar-refractivity contribution in [3.05, 3.63) is 90.1 Å². The molecule has 5 aliphatic heterocycles. The number of piperidine rings is 3. The number of para-hydroxylation sites is 1. The van der Waals surface area contributed by atoms with E-state index in [4.69, 9.17) is 14.7 Å². The van der Waals surface area contributed by atoms with Crippen LogP contribution in [0.5, 0.6) is 5.88 Å². The second kappa shape index (κ2) is 20.1. The van der Waals surface area contributed by atoms with Gasteiger partial charge in [0.15, 0.2) is 5.82 Å². The summed E-state index contributed by atoms with van der Waals surface area (Å²) in [6.45, 7) is 8.27. The van der Waals surface area contributed by atoms with E-state index in [2.05, 4.69) is 57.5 Å². The fourth-order valence-electron chi connectivity index (χ4n) is 13.4. The monoisotopic (exact) mass is 1020 g/mol. The first kappa shape index (κ1) is 49.1. The first-order valence-electron chi connectivity index (χ1n) is 27.6. The predicted molar refractivity (Wildman–Crippen MR) is 281 cm³/mol. The molecule has 2 aliphatic carbocycles. The average molecular weight is 1020 g/mol. The van der Waals surface area contributed by atoms with Crippen LogP contribution in [0, 0.1) is 17.7 Å². The van der Waals surface area contributed by atoms with Crippen LogP contribution in [-0.2, 0) is 29.4 Å². The van der Waals surface area contributed by atoms with Gasteiger partial charge >= 0.3 is 0 Å². The molecule has 16 nitrogen and oxygen atoms in total. The van der Waals surface area contributed by atoms with Crippen LogP contribution in [0.1, 0.15) is 127 Å². The lowest BCUT2D eigenvalue weighted by Gasteiger charge is -2.48. The quantitative estimate of drug-likeness (QED) is 0.122. The molecule has 2 N–H and O–H groups in total. The molecule has 12 rings (SSSR count). The van der Waals surface area contributed by atoms with Crippen LogP contribution >= 0.6 is 0 Å². The minimum Gasteiger partial charge on any atom is -0.474 e. The number of aromatic nitrogens is 4. The second-order valence-electron chi connectivity index (χ2n) is 22.6. The van der Waals surface area contributed by atoms with Crippen molar-refractivity contribution in [1.82, 2.24) is 39.5 Å². The van der Waals surface area contributed by atoms with Gasteiger partial charge in [0.25, 0.3) is 0 Å². The molecule has 2 atom stereocenters. The van der Waals surface area contributed by atoms with Gasteiger partial charge in [0.1, 0.15) is 17.4 Å². The fourth-order valence-corrected chi connectivity index (χ4v) is 13.4. The highest BCUT2D eigenvalue weighted by atomic mass is 19.1. The highest BCUT2D eigenvalue weighted by Gasteiger charge is 2.56. The van der Waals surface area contributed by atoms with Crippen LogP contribution in [0.15, 0.2) is 73.2 Å². The molecular formula is C58H67FN10O6. The number of anilines is 3. The smallest absolute Gasteiger partial charge is 0.238 e. The number of amides is 5. The van der Waals surface area contributed by atoms with Gasteiger partial charge in [0, 0.05) is 80.2 Å². The average Bonchev–Trinajstić information content (AvgIpc) is 4.16. The van der Waals surface area contributed by atoms with Crippen LogP contribution in [0.25, 0.3) is 22.3 Å². The highest BCUT2D eigenvalue weighted by molar-refractivity contribution is 6.09. The van der Waals surface area contributed by atoms with Crippen molar-refractivity contribution < 1.29 is 33.1 Å². The summed E-state index contributed by atoms with van der Waals surface area (Å²) in [7, 11) is 0. The Morgan fingerprint density at radius 2 is 1.59 bits per heavy atom. The van der Waals surface area contributed by atoms with Crippen molar-refractivity contribution in [3.63, 3.8) is 0 Å². The fraction of sp³-hybridized carbons (Fsp3) is 0.517. The Balaban J connectivity index is 0.715. The summed E-state index contributed by atoms with van der Waals surface area (Å²) in [6.07, 6.45) is 14.2. The van der Waals surface area contributed by atoms with Gasteiger partial charge in [-0.2, -0.15) is 0 Å². The Bertz CT molecular complexity index is 3020. The zero-order chi connectivity index (χ0) is 51.5. The SMILES string of the molecule is CC(C)n1cnc2cc(-c3ccc4c(c3)N(C3CC(N5CCCCC5)C3)C(=O)C43CCN(C(=O)[C@@H]4CCN(C(=O)C5CCC(Oc6ccc([C@H]7CCC(=O)NC7=O)cn6)CC5)C4)CC3)nc(Nc3ccccc3F)c21. The number of ether oxygens (including phenoxy) is 1. The Morgan fingerprint density at radius 3 is 2.32 bits per heavy atom. The maximum absolute atomic E-state index is 15.3. The molecule has 4 saturated heterocycles. The van der Waals surface area contributed by atoms with Gasteiger partial charge in [-0.3, -0.25) is 29.3 Å². The summed E-state index contributed by atoms with van der Waals surface area (Å²) in [5.41, 5.74) is 5.26. The minimum atomic E-state index is -0.763. The lowest BCUT2D eigenvalue weighted by Crippen LogP contribution is -2.58. The van der Waals surface area contributed by atoms with E-state index in [1.54, 1.807) is 36.8 Å². The number of nitrogens with one attached hydrogen (secondary N) is 2. The molecular weight excluding hydrogens is 952 g/mol. The van der Waals surface area contributed by atoms with E-state index in [0.717, 1.165) is 59.3 Å². The zero-order valence-electron chi connectivity index (χ0n) is 43.0. The lowest BCUT2D eigenvalue weighted by molar-refractivity contribution is -0.140. The molecule has 5 aromatic rings. The van der Waals surface area contributed by atoms with Crippen molar-refractivity contribution in [2.24, 2.45) is 11.8 Å². The lowest BCUT2D eigenvalue weighted by atomic mass is 9.73. The van der Waals surface area contributed by atoms with Crippen LogP contribution in [0.4, 0.5) is 21.6 Å². The van der Waals surface area contributed by atoms with Gasteiger partial charge in [-0.25, -0.2) is 19.3 Å². The van der Waals surface area contributed by atoms with E-state index >= 15 is 9.18 Å². The van der Waals surface area contributed by atoms with Crippen LogP contribution in [0.3, 0.4) is 0 Å². The standard InChI is InChI=1S/C58H67FN10O6/c1-35(2)68-34-61-48-31-47(63-53(52(48)68)62-46-9-5-4-8-45(46)59)37-12-17-44-49(28-37)69(41-29-40(30-41)65-23-6-3-7-24-65)57(74)58(44)21-26-66(27-22-58)56(73)39-20-25-67(33-39)55(72)36-10-14-42(15-11-36)75-51-19-13-38(32-60-51)43-16-18-50(70)64-54(43)71/h4-5,8-9,12-13,17,19,28,31-32,34-36,39-43H,3,6-7,10-11,14-16,18,20-27,29-30,33H2,1-2H3,(H,62,63)(H,64,70,71)/t36?,39-,40?,41?,42?,43-/m1/s1. The molecule has 2 saturated carbocycles. The van der Waals surface area contributed by atoms with Crippen molar-refractivity contribution in [2.45, 2.75) is 139 Å². The van der Waals surface area contributed by atoms with Crippen molar-refractivity contribution in [3.8, 4) is 17.1 Å². The molecule has 3 aromatic heterocycles. The number of hydrogen-bond acceptors (Lipinski definition) is 11. The third kappa shape index (κ3) is 9.22. The van der Waals surface area contributed by atoms with Gasteiger partial charge in [-0.05, 0) is 139 Å². The van der Waals surface area contributed by atoms with E-state index in [1.165, 1.54) is 25.3 Å². The third-order valence-electron chi connectivity index (χ3n) is 17.8. The van der Waals surface area contributed by atoms with Gasteiger partial charge < -0.3 is 34.2 Å². The normalized spacial score (nSPS) is 25.9. The number of imide groups is 1. The molecule has 5 amide bonds. The number of fused-ring (bicyclic) bond motifs is 3. The third-order valence-corrected chi connectivity index (χ3v) is 17.8. The molecule has 392 valence electrons. The zero-order valence-corrected chi connectivity index (χ0v) is 43.0. The first-order valence-corrected chi connectivity index (χ1v) is 27.6. The number of pyridine rings is 2. The molecule has 75 heavy (non-hydrogen) atoms. The van der Waals surface area contributed by atoms with Crippen molar-refractivity contribution in [1.29, 1.82) is 0 Å². The molecule has 2 aromatic carbocycles. The number of benzene rings is 2. The van der Waals surface area contributed by atoms with E-state index in [0.29, 0.717) is 113 Å².